The summed E-state index contributed by atoms with van der Waals surface area (Å²) >= 11 is 0. The summed E-state index contributed by atoms with van der Waals surface area (Å²) in [6.45, 7) is 4.66. The largest absolute Gasteiger partial charge is 0.310 e. The number of benzene rings is 1. The van der Waals surface area contributed by atoms with Crippen molar-refractivity contribution < 1.29 is 8.78 Å². The molecule has 3 heteroatoms. The summed E-state index contributed by atoms with van der Waals surface area (Å²) in [6, 6.07) is 3.38. The fraction of sp³-hybridized carbons (Fsp3) is 0.455. The monoisotopic (exact) mass is 199 g/mol. The Morgan fingerprint density at radius 1 is 1.36 bits per heavy atom. The fourth-order valence-electron chi connectivity index (χ4n) is 1.32. The third-order valence-electron chi connectivity index (χ3n) is 2.13. The van der Waals surface area contributed by atoms with Crippen LogP contribution in [0.1, 0.15) is 31.9 Å². The van der Waals surface area contributed by atoms with Crippen LogP contribution in [-0.2, 0) is 0 Å². The zero-order chi connectivity index (χ0) is 10.6. The first-order valence-electron chi connectivity index (χ1n) is 4.83. The zero-order valence-electron chi connectivity index (χ0n) is 8.48. The predicted octanol–water partition coefficient (Wildman–Crippen LogP) is 3.03. The van der Waals surface area contributed by atoms with Gasteiger partial charge in [-0.1, -0.05) is 6.92 Å². The van der Waals surface area contributed by atoms with E-state index < -0.39 is 5.82 Å². The maximum atomic E-state index is 13.2. The molecule has 1 nitrogen and oxygen atoms in total. The van der Waals surface area contributed by atoms with Crippen molar-refractivity contribution in [1.29, 1.82) is 0 Å². The molecule has 0 amide bonds. The smallest absolute Gasteiger partial charge is 0.128 e. The van der Waals surface area contributed by atoms with Crippen LogP contribution in [0.5, 0.6) is 0 Å². The second kappa shape index (κ2) is 5.05. The molecule has 0 saturated heterocycles. The molecule has 0 aromatic heterocycles. The van der Waals surface area contributed by atoms with Gasteiger partial charge in [-0.3, -0.25) is 0 Å². The van der Waals surface area contributed by atoms with E-state index in [-0.39, 0.29) is 11.9 Å². The van der Waals surface area contributed by atoms with Gasteiger partial charge in [0.25, 0.3) is 0 Å². The van der Waals surface area contributed by atoms with E-state index in [1.807, 2.05) is 13.8 Å². The number of nitrogens with one attached hydrogen (secondary N) is 1. The molecular weight excluding hydrogens is 184 g/mol. The number of hydrogen-bond acceptors (Lipinski definition) is 1. The van der Waals surface area contributed by atoms with Gasteiger partial charge in [0, 0.05) is 11.6 Å². The predicted molar refractivity (Wildman–Crippen MR) is 53.1 cm³/mol. The summed E-state index contributed by atoms with van der Waals surface area (Å²) in [5.74, 6) is -0.756. The quantitative estimate of drug-likeness (QED) is 0.786. The van der Waals surface area contributed by atoms with Crippen LogP contribution < -0.4 is 5.32 Å². The molecule has 1 N–H and O–H groups in total. The summed E-state index contributed by atoms with van der Waals surface area (Å²) < 4.78 is 26.1. The van der Waals surface area contributed by atoms with Crippen molar-refractivity contribution in [3.8, 4) is 0 Å². The molecule has 0 radical (unpaired) electrons. The summed E-state index contributed by atoms with van der Waals surface area (Å²) in [5.41, 5.74) is 0.387. The second-order valence-electron chi connectivity index (χ2n) is 3.34. The zero-order valence-corrected chi connectivity index (χ0v) is 8.48. The van der Waals surface area contributed by atoms with Crippen LogP contribution in [0.2, 0.25) is 0 Å². The van der Waals surface area contributed by atoms with Crippen molar-refractivity contribution in [2.75, 3.05) is 6.54 Å². The van der Waals surface area contributed by atoms with Crippen LogP contribution in [0.3, 0.4) is 0 Å². The highest BCUT2D eigenvalue weighted by Gasteiger charge is 2.10. The van der Waals surface area contributed by atoms with Gasteiger partial charge in [0.15, 0.2) is 0 Å². The van der Waals surface area contributed by atoms with Crippen molar-refractivity contribution in [2.24, 2.45) is 0 Å². The van der Waals surface area contributed by atoms with Gasteiger partial charge in [0.1, 0.15) is 11.6 Å². The first-order valence-corrected chi connectivity index (χ1v) is 4.83. The molecule has 0 fully saturated rings. The Morgan fingerprint density at radius 2 is 2.07 bits per heavy atom. The Morgan fingerprint density at radius 3 is 2.71 bits per heavy atom. The third-order valence-corrected chi connectivity index (χ3v) is 2.13. The first-order chi connectivity index (χ1) is 6.65. The maximum absolute atomic E-state index is 13.2. The highest BCUT2D eigenvalue weighted by molar-refractivity contribution is 5.21. The van der Waals surface area contributed by atoms with E-state index in [0.29, 0.717) is 5.56 Å². The molecule has 1 rings (SSSR count). The SMILES string of the molecule is CCCNC(C)c1cc(F)ccc1F. The lowest BCUT2D eigenvalue weighted by molar-refractivity contribution is 0.518. The summed E-state index contributed by atoms with van der Waals surface area (Å²) in [6.07, 6.45) is 0.973. The Labute approximate surface area is 83.1 Å². The van der Waals surface area contributed by atoms with Crippen LogP contribution >= 0.6 is 0 Å². The lowest BCUT2D eigenvalue weighted by atomic mass is 10.1. The van der Waals surface area contributed by atoms with Gasteiger partial charge in [-0.25, -0.2) is 8.78 Å². The molecule has 0 heterocycles. The van der Waals surface area contributed by atoms with Crippen LogP contribution in [0.4, 0.5) is 8.78 Å². The van der Waals surface area contributed by atoms with Gasteiger partial charge >= 0.3 is 0 Å². The molecule has 0 spiro atoms. The molecule has 14 heavy (non-hydrogen) atoms. The Hall–Kier alpha value is -0.960. The van der Waals surface area contributed by atoms with Gasteiger partial charge in [-0.05, 0) is 38.1 Å². The topological polar surface area (TPSA) is 12.0 Å². The van der Waals surface area contributed by atoms with Crippen LogP contribution in [0, 0.1) is 11.6 Å². The van der Waals surface area contributed by atoms with Crippen LogP contribution in [-0.4, -0.2) is 6.54 Å². The standard InChI is InChI=1S/C11H15F2N/c1-3-6-14-8(2)10-7-9(12)4-5-11(10)13/h4-5,7-8,14H,3,6H2,1-2H3. The normalized spacial score (nSPS) is 12.9. The lowest BCUT2D eigenvalue weighted by Crippen LogP contribution is -2.20. The minimum atomic E-state index is -0.397. The molecule has 0 aliphatic carbocycles. The summed E-state index contributed by atoms with van der Waals surface area (Å²) in [7, 11) is 0. The molecule has 1 aromatic rings. The third kappa shape index (κ3) is 2.77. The van der Waals surface area contributed by atoms with Crippen molar-refractivity contribution in [2.45, 2.75) is 26.3 Å². The molecular formula is C11H15F2N. The van der Waals surface area contributed by atoms with E-state index in [2.05, 4.69) is 5.32 Å². The molecule has 1 atom stereocenters. The average Bonchev–Trinajstić information content (AvgIpc) is 2.18. The van der Waals surface area contributed by atoms with E-state index in [1.54, 1.807) is 0 Å². The second-order valence-corrected chi connectivity index (χ2v) is 3.34. The number of hydrogen-bond donors (Lipinski definition) is 1. The highest BCUT2D eigenvalue weighted by Crippen LogP contribution is 2.17. The maximum Gasteiger partial charge on any atom is 0.128 e. The van der Waals surface area contributed by atoms with Gasteiger partial charge in [-0.15, -0.1) is 0 Å². The summed E-state index contributed by atoms with van der Waals surface area (Å²) in [4.78, 5) is 0. The van der Waals surface area contributed by atoms with Crippen molar-refractivity contribution >= 4 is 0 Å². The minimum Gasteiger partial charge on any atom is -0.310 e. The first kappa shape index (κ1) is 11.1. The summed E-state index contributed by atoms with van der Waals surface area (Å²) in [5, 5.41) is 3.11. The molecule has 0 saturated carbocycles. The Bertz CT molecular complexity index is 299. The van der Waals surface area contributed by atoms with Crippen LogP contribution in [0.15, 0.2) is 18.2 Å². The number of halogens is 2. The van der Waals surface area contributed by atoms with Gasteiger partial charge in [0.2, 0.25) is 0 Å². The molecule has 1 aromatic carbocycles. The van der Waals surface area contributed by atoms with E-state index in [0.717, 1.165) is 25.1 Å². The van der Waals surface area contributed by atoms with Crippen LogP contribution in [0.25, 0.3) is 0 Å². The Balaban J connectivity index is 2.77. The van der Waals surface area contributed by atoms with Crippen molar-refractivity contribution in [3.63, 3.8) is 0 Å². The van der Waals surface area contributed by atoms with Crippen molar-refractivity contribution in [3.05, 3.63) is 35.4 Å². The van der Waals surface area contributed by atoms with Crippen molar-refractivity contribution in [1.82, 2.24) is 5.32 Å². The molecule has 0 aliphatic rings. The van der Waals surface area contributed by atoms with Gasteiger partial charge in [0.05, 0.1) is 0 Å². The Kier molecular flexibility index (Phi) is 4.01. The van der Waals surface area contributed by atoms with E-state index in [1.165, 1.54) is 6.07 Å². The molecule has 0 bridgehead atoms. The molecule has 78 valence electrons. The van der Waals surface area contributed by atoms with Gasteiger partial charge in [-0.2, -0.15) is 0 Å². The highest BCUT2D eigenvalue weighted by atomic mass is 19.1. The number of rotatable bonds is 4. The lowest BCUT2D eigenvalue weighted by Gasteiger charge is -2.14. The minimum absolute atomic E-state index is 0.148. The fourth-order valence-corrected chi connectivity index (χ4v) is 1.32. The van der Waals surface area contributed by atoms with Gasteiger partial charge < -0.3 is 5.32 Å². The molecule has 0 aliphatic heterocycles. The van der Waals surface area contributed by atoms with E-state index in [4.69, 9.17) is 0 Å². The van der Waals surface area contributed by atoms with E-state index in [9.17, 15) is 8.78 Å². The van der Waals surface area contributed by atoms with E-state index >= 15 is 0 Å². The average molecular weight is 199 g/mol. The molecule has 1 unspecified atom stereocenters.